The standard InChI is InChI=1S/C13H15Cl2NO5S/c1-8(17)21-16(12(18)13(2,3)4)22(19,20)11-9(14)6-5-7-10(11)15/h5-7H,1-4H3. The number of rotatable bonds is 2. The third-order valence-corrected chi connectivity index (χ3v) is 4.90. The predicted octanol–water partition coefficient (Wildman–Crippen LogP) is 3.03. The Morgan fingerprint density at radius 1 is 1.14 bits per heavy atom. The van der Waals surface area contributed by atoms with Gasteiger partial charge in [0.1, 0.15) is 4.90 Å². The highest BCUT2D eigenvalue weighted by Crippen LogP contribution is 2.33. The van der Waals surface area contributed by atoms with Crippen LogP contribution in [0, 0.1) is 5.41 Å². The molecule has 9 heteroatoms. The van der Waals surface area contributed by atoms with Crippen molar-refractivity contribution in [2.24, 2.45) is 5.41 Å². The predicted molar refractivity (Wildman–Crippen MR) is 81.7 cm³/mol. The average molecular weight is 368 g/mol. The molecule has 0 heterocycles. The van der Waals surface area contributed by atoms with Gasteiger partial charge >= 0.3 is 16.0 Å². The Morgan fingerprint density at radius 2 is 1.59 bits per heavy atom. The fraction of sp³-hybridized carbons (Fsp3) is 0.385. The van der Waals surface area contributed by atoms with Crippen molar-refractivity contribution in [3.05, 3.63) is 28.2 Å². The van der Waals surface area contributed by atoms with E-state index in [9.17, 15) is 18.0 Å². The largest absolute Gasteiger partial charge is 0.330 e. The Hall–Kier alpha value is -1.31. The average Bonchev–Trinajstić information content (AvgIpc) is 2.33. The summed E-state index contributed by atoms with van der Waals surface area (Å²) in [6.45, 7) is 5.42. The lowest BCUT2D eigenvalue weighted by Gasteiger charge is -2.27. The first-order valence-corrected chi connectivity index (χ1v) is 8.31. The lowest BCUT2D eigenvalue weighted by Crippen LogP contribution is -2.44. The highest BCUT2D eigenvalue weighted by Gasteiger charge is 2.41. The van der Waals surface area contributed by atoms with Crippen LogP contribution in [-0.2, 0) is 24.4 Å². The van der Waals surface area contributed by atoms with Crippen LogP contribution in [-0.4, -0.2) is 24.8 Å². The molecule has 0 bridgehead atoms. The van der Waals surface area contributed by atoms with Crippen LogP contribution in [0.5, 0.6) is 0 Å². The first kappa shape index (κ1) is 18.7. The van der Waals surface area contributed by atoms with Crippen LogP contribution < -0.4 is 0 Å². The first-order valence-electron chi connectivity index (χ1n) is 6.11. The van der Waals surface area contributed by atoms with Gasteiger partial charge in [0.05, 0.1) is 10.0 Å². The summed E-state index contributed by atoms with van der Waals surface area (Å²) in [5.74, 6) is -1.90. The maximum Gasteiger partial charge on any atom is 0.330 e. The summed E-state index contributed by atoms with van der Waals surface area (Å²) in [6, 6.07) is 4.05. The van der Waals surface area contributed by atoms with Gasteiger partial charge in [-0.3, -0.25) is 4.79 Å². The van der Waals surface area contributed by atoms with E-state index in [-0.39, 0.29) is 14.5 Å². The monoisotopic (exact) mass is 367 g/mol. The van der Waals surface area contributed by atoms with E-state index in [1.807, 2.05) is 0 Å². The number of nitrogens with zero attached hydrogens (tertiary/aromatic N) is 1. The highest BCUT2D eigenvalue weighted by atomic mass is 35.5. The van der Waals surface area contributed by atoms with Crippen LogP contribution >= 0.6 is 23.2 Å². The van der Waals surface area contributed by atoms with Gasteiger partial charge in [0.2, 0.25) is 0 Å². The van der Waals surface area contributed by atoms with Gasteiger partial charge in [0, 0.05) is 12.3 Å². The zero-order chi connectivity index (χ0) is 17.3. The molecule has 1 aromatic carbocycles. The molecule has 0 fully saturated rings. The van der Waals surface area contributed by atoms with Crippen molar-refractivity contribution in [2.75, 3.05) is 0 Å². The summed E-state index contributed by atoms with van der Waals surface area (Å²) in [6.07, 6.45) is 0. The Labute approximate surface area is 139 Å². The fourth-order valence-corrected chi connectivity index (χ4v) is 3.87. The minimum Gasteiger partial charge on any atom is -0.323 e. The van der Waals surface area contributed by atoms with Crippen LogP contribution in [0.1, 0.15) is 27.7 Å². The molecular formula is C13H15Cl2NO5S. The van der Waals surface area contributed by atoms with Gasteiger partial charge in [-0.05, 0) is 12.1 Å². The zero-order valence-electron chi connectivity index (χ0n) is 12.4. The van der Waals surface area contributed by atoms with Crippen LogP contribution in [0.4, 0.5) is 0 Å². The van der Waals surface area contributed by atoms with Crippen molar-refractivity contribution in [2.45, 2.75) is 32.6 Å². The van der Waals surface area contributed by atoms with E-state index in [2.05, 4.69) is 4.84 Å². The number of amides is 1. The molecule has 1 amide bonds. The second-order valence-corrected chi connectivity index (χ2v) is 7.93. The van der Waals surface area contributed by atoms with Gasteiger partial charge in [-0.1, -0.05) is 54.5 Å². The summed E-state index contributed by atoms with van der Waals surface area (Å²) in [5, 5.41) is -0.377. The van der Waals surface area contributed by atoms with Crippen LogP contribution in [0.15, 0.2) is 23.1 Å². The molecular weight excluding hydrogens is 353 g/mol. The summed E-state index contributed by atoms with van der Waals surface area (Å²) in [4.78, 5) is 27.6. The van der Waals surface area contributed by atoms with Gasteiger partial charge in [0.25, 0.3) is 5.91 Å². The molecule has 0 aromatic heterocycles. The Kier molecular flexibility index (Phi) is 5.48. The van der Waals surface area contributed by atoms with E-state index in [1.54, 1.807) is 0 Å². The van der Waals surface area contributed by atoms with Crippen LogP contribution in [0.25, 0.3) is 0 Å². The molecule has 0 saturated heterocycles. The van der Waals surface area contributed by atoms with Crippen LogP contribution in [0.3, 0.4) is 0 Å². The number of hydrogen-bond donors (Lipinski definition) is 0. The highest BCUT2D eigenvalue weighted by molar-refractivity contribution is 7.89. The van der Waals surface area contributed by atoms with Gasteiger partial charge in [-0.15, -0.1) is 0 Å². The summed E-state index contributed by atoms with van der Waals surface area (Å²) in [5.41, 5.74) is -1.11. The van der Waals surface area contributed by atoms with Crippen LogP contribution in [0.2, 0.25) is 10.0 Å². The SMILES string of the molecule is CC(=O)ON(C(=O)C(C)(C)C)S(=O)(=O)c1c(Cl)cccc1Cl. The molecule has 1 aromatic rings. The fourth-order valence-electron chi connectivity index (χ4n) is 1.40. The van der Waals surface area contributed by atoms with Gasteiger partial charge in [0.15, 0.2) is 0 Å². The molecule has 0 atom stereocenters. The molecule has 0 radical (unpaired) electrons. The Bertz CT molecular complexity index is 689. The third-order valence-electron chi connectivity index (χ3n) is 2.41. The Balaban J connectivity index is 3.53. The zero-order valence-corrected chi connectivity index (χ0v) is 14.7. The molecule has 0 spiro atoms. The second kappa shape index (κ2) is 6.44. The molecule has 0 saturated carbocycles. The van der Waals surface area contributed by atoms with Crippen molar-refractivity contribution < 1.29 is 22.8 Å². The lowest BCUT2D eigenvalue weighted by molar-refractivity contribution is -0.181. The second-order valence-electron chi connectivity index (χ2n) is 5.42. The number of sulfonamides is 1. The van der Waals surface area contributed by atoms with Crippen molar-refractivity contribution in [1.29, 1.82) is 0 Å². The molecule has 0 unspecified atom stereocenters. The molecule has 1 rings (SSSR count). The lowest BCUT2D eigenvalue weighted by atomic mass is 9.96. The first-order chi connectivity index (χ1) is 9.89. The molecule has 122 valence electrons. The molecule has 0 aliphatic heterocycles. The minimum absolute atomic E-state index is 0.0302. The van der Waals surface area contributed by atoms with Crippen molar-refractivity contribution >= 4 is 45.1 Å². The maximum atomic E-state index is 12.7. The van der Waals surface area contributed by atoms with E-state index >= 15 is 0 Å². The van der Waals surface area contributed by atoms with E-state index in [0.717, 1.165) is 6.92 Å². The van der Waals surface area contributed by atoms with E-state index < -0.39 is 32.2 Å². The van der Waals surface area contributed by atoms with Gasteiger partial charge in [-0.25, -0.2) is 4.79 Å². The molecule has 0 N–H and O–H groups in total. The quantitative estimate of drug-likeness (QED) is 0.750. The topological polar surface area (TPSA) is 80.8 Å². The third kappa shape index (κ3) is 3.91. The number of hydroxylamine groups is 1. The number of hydrogen-bond acceptors (Lipinski definition) is 5. The molecule has 0 aliphatic rings. The van der Waals surface area contributed by atoms with Crippen molar-refractivity contribution in [1.82, 2.24) is 4.47 Å². The number of carbonyl (C=O) groups is 2. The Morgan fingerprint density at radius 3 is 1.95 bits per heavy atom. The van der Waals surface area contributed by atoms with E-state index in [0.29, 0.717) is 0 Å². The van der Waals surface area contributed by atoms with Crippen molar-refractivity contribution in [3.63, 3.8) is 0 Å². The molecule has 22 heavy (non-hydrogen) atoms. The summed E-state index contributed by atoms with van der Waals surface area (Å²) >= 11 is 11.7. The summed E-state index contributed by atoms with van der Waals surface area (Å²) < 4.78 is 25.3. The summed E-state index contributed by atoms with van der Waals surface area (Å²) in [7, 11) is -4.56. The number of carbonyl (C=O) groups excluding carboxylic acids is 2. The minimum atomic E-state index is -4.56. The number of benzene rings is 1. The van der Waals surface area contributed by atoms with E-state index in [4.69, 9.17) is 23.2 Å². The van der Waals surface area contributed by atoms with E-state index in [1.165, 1.54) is 39.0 Å². The maximum absolute atomic E-state index is 12.7. The van der Waals surface area contributed by atoms with Crippen molar-refractivity contribution in [3.8, 4) is 0 Å². The van der Waals surface area contributed by atoms with Gasteiger partial charge < -0.3 is 4.84 Å². The molecule has 6 nitrogen and oxygen atoms in total. The number of halogens is 2. The molecule has 0 aliphatic carbocycles. The van der Waals surface area contributed by atoms with Gasteiger partial charge in [-0.2, -0.15) is 8.42 Å². The normalized spacial score (nSPS) is 11.9. The smallest absolute Gasteiger partial charge is 0.323 e.